The second kappa shape index (κ2) is 8.25. The first kappa shape index (κ1) is 16.9. The first-order valence-corrected chi connectivity index (χ1v) is 8.30. The third-order valence-corrected chi connectivity index (χ3v) is 3.84. The summed E-state index contributed by atoms with van der Waals surface area (Å²) in [6, 6.07) is 13.6. The van der Waals surface area contributed by atoms with Crippen LogP contribution in [0.15, 0.2) is 53.7 Å². The number of fused-ring (bicyclic) bond motifs is 1. The van der Waals surface area contributed by atoms with Crippen LogP contribution in [0, 0.1) is 0 Å². The van der Waals surface area contributed by atoms with Crippen LogP contribution in [0.3, 0.4) is 0 Å². The molecule has 0 radical (unpaired) electrons. The van der Waals surface area contributed by atoms with Gasteiger partial charge in [-0.1, -0.05) is 30.3 Å². The topological polar surface area (TPSA) is 86.8 Å². The highest BCUT2D eigenvalue weighted by Gasteiger charge is 2.06. The van der Waals surface area contributed by atoms with E-state index in [0.29, 0.717) is 19.0 Å². The van der Waals surface area contributed by atoms with Crippen molar-refractivity contribution in [1.82, 2.24) is 25.2 Å². The van der Waals surface area contributed by atoms with Crippen LogP contribution in [0.25, 0.3) is 5.65 Å². The second-order valence-corrected chi connectivity index (χ2v) is 5.52. The van der Waals surface area contributed by atoms with Crippen LogP contribution in [0.4, 0.5) is 0 Å². The Bertz CT molecular complexity index is 857. The zero-order chi connectivity index (χ0) is 17.5. The van der Waals surface area contributed by atoms with E-state index < -0.39 is 0 Å². The number of nitrogens with one attached hydrogen (secondary N) is 2. The van der Waals surface area contributed by atoms with Gasteiger partial charge in [0.05, 0.1) is 19.7 Å². The van der Waals surface area contributed by atoms with Gasteiger partial charge in [-0.25, -0.2) is 4.99 Å². The maximum Gasteiger partial charge on any atom is 0.191 e. The number of benzene rings is 1. The molecule has 0 fully saturated rings. The molecule has 130 valence electrons. The van der Waals surface area contributed by atoms with E-state index in [1.807, 2.05) is 60.0 Å². The lowest BCUT2D eigenvalue weighted by atomic mass is 10.1. The predicted molar refractivity (Wildman–Crippen MR) is 97.0 cm³/mol. The van der Waals surface area contributed by atoms with Crippen LogP contribution in [-0.2, 0) is 19.7 Å². The summed E-state index contributed by atoms with van der Waals surface area (Å²) in [5, 5.41) is 24.3. The van der Waals surface area contributed by atoms with Crippen molar-refractivity contribution in [1.29, 1.82) is 0 Å². The number of aliphatic hydroxyl groups is 1. The summed E-state index contributed by atoms with van der Waals surface area (Å²) in [4.78, 5) is 4.60. The lowest BCUT2D eigenvalue weighted by Gasteiger charge is -2.11. The molecule has 2 aromatic heterocycles. The minimum atomic E-state index is 0.0153. The van der Waals surface area contributed by atoms with Crippen LogP contribution in [0.5, 0.6) is 0 Å². The molecule has 0 unspecified atom stereocenters. The van der Waals surface area contributed by atoms with E-state index in [9.17, 15) is 5.11 Å². The van der Waals surface area contributed by atoms with Crippen molar-refractivity contribution < 1.29 is 5.11 Å². The number of guanidine groups is 1. The van der Waals surface area contributed by atoms with Crippen molar-refractivity contribution in [2.45, 2.75) is 26.6 Å². The van der Waals surface area contributed by atoms with Gasteiger partial charge < -0.3 is 15.7 Å². The third kappa shape index (κ3) is 4.13. The molecular formula is C18H22N6O. The van der Waals surface area contributed by atoms with E-state index in [0.717, 1.165) is 29.1 Å². The summed E-state index contributed by atoms with van der Waals surface area (Å²) in [5.41, 5.74) is 2.72. The fourth-order valence-electron chi connectivity index (χ4n) is 2.55. The Labute approximate surface area is 146 Å². The standard InChI is InChI=1S/C18H22N6O/c1-2-19-18(20-11-14-7-3-4-8-15(14)13-25)21-12-17-23-22-16-9-5-6-10-24(16)17/h3-10,25H,2,11-13H2,1H3,(H2,19,20,21). The lowest BCUT2D eigenvalue weighted by Crippen LogP contribution is -2.37. The number of hydrogen-bond acceptors (Lipinski definition) is 4. The Morgan fingerprint density at radius 2 is 1.88 bits per heavy atom. The summed E-state index contributed by atoms with van der Waals surface area (Å²) < 4.78 is 1.94. The highest BCUT2D eigenvalue weighted by Crippen LogP contribution is 2.09. The molecule has 0 amide bonds. The molecule has 2 heterocycles. The van der Waals surface area contributed by atoms with Crippen LogP contribution in [0.2, 0.25) is 0 Å². The number of aliphatic imine (C=N–C) groups is 1. The average molecular weight is 338 g/mol. The SMILES string of the molecule is CCNC(=NCc1ccccc1CO)NCc1nnc2ccccn12. The van der Waals surface area contributed by atoms with Gasteiger partial charge in [-0.2, -0.15) is 0 Å². The molecule has 3 rings (SSSR count). The normalized spacial score (nSPS) is 11.7. The number of nitrogens with zero attached hydrogens (tertiary/aromatic N) is 4. The van der Waals surface area contributed by atoms with Gasteiger partial charge in [0.1, 0.15) is 0 Å². The number of rotatable bonds is 6. The van der Waals surface area contributed by atoms with E-state index in [4.69, 9.17) is 0 Å². The summed E-state index contributed by atoms with van der Waals surface area (Å²) in [5.74, 6) is 1.51. The predicted octanol–water partition coefficient (Wildman–Crippen LogP) is 1.48. The zero-order valence-corrected chi connectivity index (χ0v) is 14.2. The summed E-state index contributed by atoms with van der Waals surface area (Å²) >= 11 is 0. The van der Waals surface area contributed by atoms with Crippen molar-refractivity contribution >= 4 is 11.6 Å². The average Bonchev–Trinajstić information content (AvgIpc) is 3.07. The largest absolute Gasteiger partial charge is 0.392 e. The highest BCUT2D eigenvalue weighted by molar-refractivity contribution is 5.79. The van der Waals surface area contributed by atoms with E-state index in [2.05, 4.69) is 25.8 Å². The molecule has 1 aromatic carbocycles. The van der Waals surface area contributed by atoms with Gasteiger partial charge in [-0.05, 0) is 30.2 Å². The molecule has 3 N–H and O–H groups in total. The van der Waals surface area contributed by atoms with Crippen LogP contribution < -0.4 is 10.6 Å². The van der Waals surface area contributed by atoms with Gasteiger partial charge >= 0.3 is 0 Å². The van der Waals surface area contributed by atoms with Gasteiger partial charge in [0, 0.05) is 12.7 Å². The minimum absolute atomic E-state index is 0.0153. The molecule has 0 atom stereocenters. The molecule has 25 heavy (non-hydrogen) atoms. The molecule has 0 aliphatic carbocycles. The number of hydrogen-bond donors (Lipinski definition) is 3. The molecule has 0 aliphatic heterocycles. The van der Waals surface area contributed by atoms with Crippen LogP contribution in [0.1, 0.15) is 23.9 Å². The molecule has 3 aromatic rings. The Morgan fingerprint density at radius 3 is 2.68 bits per heavy atom. The van der Waals surface area contributed by atoms with E-state index >= 15 is 0 Å². The fourth-order valence-corrected chi connectivity index (χ4v) is 2.55. The van der Waals surface area contributed by atoms with Gasteiger partial charge in [0.15, 0.2) is 17.4 Å². The highest BCUT2D eigenvalue weighted by atomic mass is 16.3. The smallest absolute Gasteiger partial charge is 0.191 e. The summed E-state index contributed by atoms with van der Waals surface area (Å²) in [6.07, 6.45) is 1.94. The van der Waals surface area contributed by atoms with Crippen molar-refractivity contribution in [2.24, 2.45) is 4.99 Å². The first-order valence-electron chi connectivity index (χ1n) is 8.30. The number of aliphatic hydroxyl groups excluding tert-OH is 1. The third-order valence-electron chi connectivity index (χ3n) is 3.84. The maximum absolute atomic E-state index is 9.42. The van der Waals surface area contributed by atoms with Crippen molar-refractivity contribution in [3.8, 4) is 0 Å². The number of pyridine rings is 1. The van der Waals surface area contributed by atoms with Crippen molar-refractivity contribution in [3.63, 3.8) is 0 Å². The van der Waals surface area contributed by atoms with Gasteiger partial charge in [-0.3, -0.25) is 4.40 Å². The summed E-state index contributed by atoms with van der Waals surface area (Å²) in [7, 11) is 0. The summed E-state index contributed by atoms with van der Waals surface area (Å²) in [6.45, 7) is 3.80. The number of aromatic nitrogens is 3. The molecular weight excluding hydrogens is 316 g/mol. The zero-order valence-electron chi connectivity index (χ0n) is 14.2. The van der Waals surface area contributed by atoms with Gasteiger partial charge in [-0.15, -0.1) is 10.2 Å². The lowest BCUT2D eigenvalue weighted by molar-refractivity contribution is 0.280. The quantitative estimate of drug-likeness (QED) is 0.468. The van der Waals surface area contributed by atoms with E-state index in [-0.39, 0.29) is 6.61 Å². The van der Waals surface area contributed by atoms with Gasteiger partial charge in [0.25, 0.3) is 0 Å². The Balaban J connectivity index is 1.70. The molecule has 7 nitrogen and oxygen atoms in total. The minimum Gasteiger partial charge on any atom is -0.392 e. The molecule has 0 saturated heterocycles. The molecule has 0 bridgehead atoms. The van der Waals surface area contributed by atoms with E-state index in [1.165, 1.54) is 0 Å². The monoisotopic (exact) mass is 338 g/mol. The van der Waals surface area contributed by atoms with Crippen LogP contribution in [-0.4, -0.2) is 32.2 Å². The Hall–Kier alpha value is -2.93. The first-order chi connectivity index (χ1) is 12.3. The molecule has 7 heteroatoms. The Morgan fingerprint density at radius 1 is 1.08 bits per heavy atom. The second-order valence-electron chi connectivity index (χ2n) is 5.52. The molecule has 0 aliphatic rings. The fraction of sp³-hybridized carbons (Fsp3) is 0.278. The maximum atomic E-state index is 9.42. The molecule has 0 spiro atoms. The Kier molecular flexibility index (Phi) is 5.58. The van der Waals surface area contributed by atoms with Crippen molar-refractivity contribution in [2.75, 3.05) is 6.54 Å². The molecule has 0 saturated carbocycles. The van der Waals surface area contributed by atoms with Crippen molar-refractivity contribution in [3.05, 3.63) is 65.6 Å². The van der Waals surface area contributed by atoms with Gasteiger partial charge in [0.2, 0.25) is 0 Å². The van der Waals surface area contributed by atoms with E-state index in [1.54, 1.807) is 0 Å². The van der Waals surface area contributed by atoms with Crippen LogP contribution >= 0.6 is 0 Å².